The van der Waals surface area contributed by atoms with Crippen LogP contribution < -0.4 is 16.4 Å². The normalized spacial score (nSPS) is 21.5. The number of nitrogens with zero attached hydrogens (tertiary/aromatic N) is 2. The predicted octanol–water partition coefficient (Wildman–Crippen LogP) is 1.74. The molecule has 9 nitrogen and oxygen atoms in total. The van der Waals surface area contributed by atoms with Crippen molar-refractivity contribution in [2.24, 2.45) is 7.05 Å². The van der Waals surface area contributed by atoms with Gasteiger partial charge in [-0.05, 0) is 35.7 Å². The van der Waals surface area contributed by atoms with E-state index in [2.05, 4.69) is 16.7 Å². The van der Waals surface area contributed by atoms with Gasteiger partial charge in [-0.25, -0.2) is 4.79 Å². The molecule has 1 amide bonds. The Kier molecular flexibility index (Phi) is 6.84. The van der Waals surface area contributed by atoms with Crippen LogP contribution >= 0.6 is 0 Å². The molecule has 0 saturated carbocycles. The van der Waals surface area contributed by atoms with Crippen LogP contribution in [0.1, 0.15) is 12.5 Å². The molecule has 0 bridgehead atoms. The highest BCUT2D eigenvalue weighted by Gasteiger charge is 2.32. The molecule has 9 heteroatoms. The summed E-state index contributed by atoms with van der Waals surface area (Å²) in [6, 6.07) is 14.8. The molecule has 0 spiro atoms. The highest BCUT2D eigenvalue weighted by Crippen LogP contribution is 2.24. The molecule has 1 aromatic heterocycles. The second kappa shape index (κ2) is 9.81. The Bertz CT molecular complexity index is 1270. The van der Waals surface area contributed by atoms with E-state index in [9.17, 15) is 14.9 Å². The zero-order valence-electron chi connectivity index (χ0n) is 19.5. The number of aryl methyl sites for hydroxylation is 1. The van der Waals surface area contributed by atoms with Crippen molar-refractivity contribution in [2.75, 3.05) is 26.8 Å². The first-order valence-electron chi connectivity index (χ1n) is 11.1. The van der Waals surface area contributed by atoms with Gasteiger partial charge >= 0.3 is 5.76 Å². The zero-order chi connectivity index (χ0) is 24.3. The molecule has 1 aliphatic rings. The third-order valence-electron chi connectivity index (χ3n) is 6.19. The van der Waals surface area contributed by atoms with Gasteiger partial charge in [-0.3, -0.25) is 9.36 Å². The van der Waals surface area contributed by atoms with Crippen LogP contribution in [0.4, 0.5) is 0 Å². The van der Waals surface area contributed by atoms with E-state index in [1.54, 1.807) is 20.2 Å². The Balaban J connectivity index is 1.40. The van der Waals surface area contributed by atoms with Crippen LogP contribution in [0.5, 0.6) is 0 Å². The number of oxazole rings is 1. The minimum Gasteiger partial charge on any atom is -0.408 e. The zero-order valence-corrected chi connectivity index (χ0v) is 19.5. The van der Waals surface area contributed by atoms with E-state index in [0.717, 1.165) is 22.2 Å². The van der Waals surface area contributed by atoms with E-state index in [-0.39, 0.29) is 12.5 Å². The van der Waals surface area contributed by atoms with Gasteiger partial charge in [0.05, 0.1) is 18.2 Å². The Labute approximate surface area is 197 Å². The van der Waals surface area contributed by atoms with Crippen LogP contribution in [0.25, 0.3) is 22.2 Å². The number of methoxy groups -OCH3 is 1. The molecule has 2 N–H and O–H groups in total. The molecule has 0 radical (unpaired) electrons. The van der Waals surface area contributed by atoms with Crippen LogP contribution in [0.2, 0.25) is 0 Å². The second-order valence-electron chi connectivity index (χ2n) is 8.79. The van der Waals surface area contributed by atoms with Gasteiger partial charge < -0.3 is 24.5 Å². The fourth-order valence-corrected chi connectivity index (χ4v) is 3.92. The van der Waals surface area contributed by atoms with Gasteiger partial charge in [0.2, 0.25) is 0 Å². The van der Waals surface area contributed by atoms with Gasteiger partial charge in [0, 0.05) is 33.7 Å². The monoisotopic (exact) mass is 464 g/mol. The lowest BCUT2D eigenvalue weighted by atomic mass is 10.0. The second-order valence-corrected chi connectivity index (χ2v) is 8.79. The first-order chi connectivity index (χ1) is 16.3. The van der Waals surface area contributed by atoms with Crippen molar-refractivity contribution in [1.82, 2.24) is 15.2 Å². The summed E-state index contributed by atoms with van der Waals surface area (Å²) >= 11 is 0. The molecule has 4 rings (SSSR count). The van der Waals surface area contributed by atoms with Crippen molar-refractivity contribution in [1.29, 1.82) is 5.26 Å². The van der Waals surface area contributed by atoms with E-state index >= 15 is 0 Å². The van der Waals surface area contributed by atoms with Gasteiger partial charge in [-0.1, -0.05) is 30.3 Å². The summed E-state index contributed by atoms with van der Waals surface area (Å²) in [6.45, 7) is 3.12. The molecular weight excluding hydrogens is 436 g/mol. The number of nitriles is 1. The van der Waals surface area contributed by atoms with E-state index in [1.807, 2.05) is 43.3 Å². The lowest BCUT2D eigenvalue weighted by Gasteiger charge is -2.25. The molecule has 1 fully saturated rings. The topological polar surface area (TPSA) is 119 Å². The van der Waals surface area contributed by atoms with Crippen molar-refractivity contribution >= 4 is 17.0 Å². The number of benzene rings is 2. The van der Waals surface area contributed by atoms with Crippen LogP contribution in [0.3, 0.4) is 0 Å². The predicted molar refractivity (Wildman–Crippen MR) is 126 cm³/mol. The third kappa shape index (κ3) is 5.04. The van der Waals surface area contributed by atoms with E-state index < -0.39 is 23.5 Å². The van der Waals surface area contributed by atoms with Gasteiger partial charge in [0.1, 0.15) is 17.7 Å². The fraction of sp³-hybridized carbons (Fsp3) is 0.400. The average Bonchev–Trinajstić information content (AvgIpc) is 3.00. The maximum atomic E-state index is 12.7. The molecule has 3 atom stereocenters. The van der Waals surface area contributed by atoms with Crippen LogP contribution in [-0.4, -0.2) is 55.0 Å². The van der Waals surface area contributed by atoms with Crippen LogP contribution in [0, 0.1) is 11.3 Å². The van der Waals surface area contributed by atoms with Gasteiger partial charge in [0.25, 0.3) is 5.91 Å². The summed E-state index contributed by atoms with van der Waals surface area (Å²) in [6.07, 6.45) is -0.322. The van der Waals surface area contributed by atoms with Gasteiger partial charge in [-0.2, -0.15) is 5.26 Å². The summed E-state index contributed by atoms with van der Waals surface area (Å²) < 4.78 is 17.8. The molecule has 2 heterocycles. The van der Waals surface area contributed by atoms with Crippen molar-refractivity contribution < 1.29 is 18.7 Å². The quantitative estimate of drug-likeness (QED) is 0.570. The first kappa shape index (κ1) is 23.7. The van der Waals surface area contributed by atoms with Crippen molar-refractivity contribution in [3.63, 3.8) is 0 Å². The summed E-state index contributed by atoms with van der Waals surface area (Å²) in [5.41, 5.74) is 3.60. The molecular formula is C25H28N4O5. The fourth-order valence-electron chi connectivity index (χ4n) is 3.92. The van der Waals surface area contributed by atoms with Crippen LogP contribution in [-0.2, 0) is 27.7 Å². The Hall–Kier alpha value is -3.45. The van der Waals surface area contributed by atoms with Gasteiger partial charge in [-0.15, -0.1) is 0 Å². The number of amides is 1. The number of aromatic nitrogens is 1. The number of rotatable bonds is 6. The Morgan fingerprint density at radius 2 is 2.06 bits per heavy atom. The summed E-state index contributed by atoms with van der Waals surface area (Å²) in [5, 5.41) is 15.6. The van der Waals surface area contributed by atoms with Crippen molar-refractivity contribution in [2.45, 2.75) is 31.1 Å². The summed E-state index contributed by atoms with van der Waals surface area (Å²) in [7, 11) is 3.28. The average molecular weight is 465 g/mol. The van der Waals surface area contributed by atoms with E-state index in [0.29, 0.717) is 25.1 Å². The standard InChI is InChI=1S/C25H28N4O5/c1-25(32-3)14-27-13-22(33-15-25)23(30)28-19(12-26)10-16-4-6-17(7-5-16)18-8-9-21-20(11-18)29(2)24(31)34-21/h4-9,11,19,22,27H,10,13-15H2,1-3H3,(H,28,30)/t19-,22-,25+/m0/s1. The third-order valence-corrected chi connectivity index (χ3v) is 6.19. The highest BCUT2D eigenvalue weighted by molar-refractivity contribution is 5.82. The van der Waals surface area contributed by atoms with E-state index in [1.165, 1.54) is 4.57 Å². The minimum absolute atomic E-state index is 0.284. The molecule has 3 aromatic rings. The maximum absolute atomic E-state index is 12.7. The Morgan fingerprint density at radius 1 is 1.32 bits per heavy atom. The number of carbonyl (C=O) groups excluding carboxylic acids is 1. The number of hydrogen-bond donors (Lipinski definition) is 2. The molecule has 0 aliphatic carbocycles. The summed E-state index contributed by atoms with van der Waals surface area (Å²) in [4.78, 5) is 24.4. The SMILES string of the molecule is CO[C@]1(C)CNC[C@@H](C(=O)N[C@H](C#N)Cc2ccc(-c3ccc4oc(=O)n(C)c4c3)cc2)OC1. The molecule has 1 aliphatic heterocycles. The summed E-state index contributed by atoms with van der Waals surface area (Å²) in [5.74, 6) is -0.722. The van der Waals surface area contributed by atoms with Crippen molar-refractivity contribution in [3.8, 4) is 17.2 Å². The largest absolute Gasteiger partial charge is 0.419 e. The number of carbonyl (C=O) groups is 1. The first-order valence-corrected chi connectivity index (χ1v) is 11.1. The molecule has 0 unspecified atom stereocenters. The lowest BCUT2D eigenvalue weighted by Crippen LogP contribution is -2.46. The smallest absolute Gasteiger partial charge is 0.408 e. The molecule has 1 saturated heterocycles. The van der Waals surface area contributed by atoms with Crippen molar-refractivity contribution in [3.05, 3.63) is 58.6 Å². The van der Waals surface area contributed by atoms with Gasteiger partial charge in [0.15, 0.2) is 5.58 Å². The number of nitrogens with one attached hydrogen (secondary N) is 2. The number of hydrogen-bond acceptors (Lipinski definition) is 7. The molecule has 178 valence electrons. The number of ether oxygens (including phenoxy) is 2. The van der Waals surface area contributed by atoms with E-state index in [4.69, 9.17) is 13.9 Å². The van der Waals surface area contributed by atoms with Crippen LogP contribution in [0.15, 0.2) is 51.7 Å². The minimum atomic E-state index is -0.691. The maximum Gasteiger partial charge on any atom is 0.419 e. The lowest BCUT2D eigenvalue weighted by molar-refractivity contribution is -0.136. The highest BCUT2D eigenvalue weighted by atomic mass is 16.5. The number of fused-ring (bicyclic) bond motifs is 1. The molecule has 34 heavy (non-hydrogen) atoms. The Morgan fingerprint density at radius 3 is 2.76 bits per heavy atom. The molecule has 2 aromatic carbocycles.